The second kappa shape index (κ2) is 7.00. The summed E-state index contributed by atoms with van der Waals surface area (Å²) < 4.78 is 28.9. The number of Topliss-reactive ketones (excluding diaryl/α,β-unsaturated/α-hetero) is 1. The van der Waals surface area contributed by atoms with Gasteiger partial charge in [-0.05, 0) is 78.3 Å². The highest BCUT2D eigenvalue weighted by Gasteiger charge is 2.65. The molecule has 0 radical (unpaired) electrons. The maximum absolute atomic E-state index is 14.5. The van der Waals surface area contributed by atoms with E-state index in [-0.39, 0.29) is 33.8 Å². The number of nitrogens with zero attached hydrogens (tertiary/aromatic N) is 3. The van der Waals surface area contributed by atoms with E-state index in [1.54, 1.807) is 12.1 Å². The molecular weight excluding hydrogens is 432 g/mol. The van der Waals surface area contributed by atoms with Crippen LogP contribution in [0.15, 0.2) is 42.5 Å². The zero-order valence-electron chi connectivity index (χ0n) is 19.7. The standard InChI is InChI=1S/C28H27F2N3O/c1-26(2)17-10-11-28(26,23-9-5-8-20(31-23)22(34)15-27(3)12-13-27)25-16(17)14-21(32-33-25)24-18(29)6-4-7-19(24)30/h4-9,14,17H,10-13,15H2,1-3H3/t17-,28-/m0/s1. The molecule has 2 bridgehead atoms. The fourth-order valence-electron chi connectivity index (χ4n) is 6.45. The molecule has 0 N–H and O–H groups in total. The summed E-state index contributed by atoms with van der Waals surface area (Å²) in [5.74, 6) is -1.05. The molecule has 3 aliphatic carbocycles. The van der Waals surface area contributed by atoms with E-state index in [0.29, 0.717) is 12.1 Å². The third-order valence-electron chi connectivity index (χ3n) is 8.76. The maximum atomic E-state index is 14.5. The fraction of sp³-hybridized carbons (Fsp3) is 0.429. The summed E-state index contributed by atoms with van der Waals surface area (Å²) in [4.78, 5) is 17.9. The second-order valence-corrected chi connectivity index (χ2v) is 11.2. The minimum atomic E-state index is -0.649. The predicted octanol–water partition coefficient (Wildman–Crippen LogP) is 6.39. The van der Waals surface area contributed by atoms with E-state index in [0.717, 1.165) is 42.6 Å². The van der Waals surface area contributed by atoms with Crippen molar-refractivity contribution in [1.29, 1.82) is 0 Å². The van der Waals surface area contributed by atoms with Crippen LogP contribution in [0, 0.1) is 22.5 Å². The average molecular weight is 460 g/mol. The predicted molar refractivity (Wildman–Crippen MR) is 124 cm³/mol. The monoisotopic (exact) mass is 459 g/mol. The zero-order valence-corrected chi connectivity index (χ0v) is 19.7. The van der Waals surface area contributed by atoms with E-state index in [4.69, 9.17) is 4.98 Å². The number of hydrogen-bond acceptors (Lipinski definition) is 4. The first-order valence-electron chi connectivity index (χ1n) is 12.0. The molecule has 0 spiro atoms. The molecule has 2 saturated carbocycles. The van der Waals surface area contributed by atoms with E-state index >= 15 is 0 Å². The normalized spacial score (nSPS) is 25.3. The Kier molecular flexibility index (Phi) is 4.43. The fourth-order valence-corrected chi connectivity index (χ4v) is 6.45. The lowest BCUT2D eigenvalue weighted by Gasteiger charge is -2.37. The van der Waals surface area contributed by atoms with Crippen LogP contribution in [0.5, 0.6) is 0 Å². The van der Waals surface area contributed by atoms with Crippen molar-refractivity contribution >= 4 is 5.78 Å². The number of aromatic nitrogens is 3. The lowest BCUT2D eigenvalue weighted by atomic mass is 9.66. The van der Waals surface area contributed by atoms with Crippen molar-refractivity contribution in [2.24, 2.45) is 10.8 Å². The van der Waals surface area contributed by atoms with Crippen molar-refractivity contribution in [3.8, 4) is 11.3 Å². The molecule has 2 heterocycles. The van der Waals surface area contributed by atoms with Crippen molar-refractivity contribution in [3.63, 3.8) is 0 Å². The van der Waals surface area contributed by atoms with E-state index in [1.165, 1.54) is 18.2 Å². The Bertz CT molecular complexity index is 1330. The van der Waals surface area contributed by atoms with Gasteiger partial charge in [0.25, 0.3) is 0 Å². The van der Waals surface area contributed by atoms with E-state index in [1.807, 2.05) is 12.1 Å². The van der Waals surface area contributed by atoms with Crippen molar-refractivity contribution < 1.29 is 13.6 Å². The van der Waals surface area contributed by atoms with Gasteiger partial charge >= 0.3 is 0 Å². The number of fused-ring (bicyclic) bond motifs is 5. The largest absolute Gasteiger partial charge is 0.292 e. The van der Waals surface area contributed by atoms with Gasteiger partial charge in [0, 0.05) is 6.42 Å². The molecule has 34 heavy (non-hydrogen) atoms. The molecule has 174 valence electrons. The van der Waals surface area contributed by atoms with Crippen LogP contribution in [0.3, 0.4) is 0 Å². The number of pyridine rings is 1. The summed E-state index contributed by atoms with van der Waals surface area (Å²) in [6.45, 7) is 6.56. The summed E-state index contributed by atoms with van der Waals surface area (Å²) in [5, 5.41) is 8.87. The second-order valence-electron chi connectivity index (χ2n) is 11.2. The van der Waals surface area contributed by atoms with Crippen LogP contribution < -0.4 is 0 Å². The smallest absolute Gasteiger partial charge is 0.181 e. The Balaban J connectivity index is 1.46. The Morgan fingerprint density at radius 2 is 1.71 bits per heavy atom. The number of ketones is 1. The van der Waals surface area contributed by atoms with E-state index < -0.39 is 17.0 Å². The Morgan fingerprint density at radius 3 is 2.41 bits per heavy atom. The van der Waals surface area contributed by atoms with Gasteiger partial charge in [-0.25, -0.2) is 13.8 Å². The number of halogens is 2. The Morgan fingerprint density at radius 1 is 1.00 bits per heavy atom. The van der Waals surface area contributed by atoms with Crippen LogP contribution in [0.4, 0.5) is 8.78 Å². The van der Waals surface area contributed by atoms with Gasteiger partial charge in [0.2, 0.25) is 0 Å². The van der Waals surface area contributed by atoms with Crippen LogP contribution in [0.1, 0.15) is 86.2 Å². The van der Waals surface area contributed by atoms with Crippen LogP contribution in [0.25, 0.3) is 11.3 Å². The molecule has 2 atom stereocenters. The first kappa shape index (κ1) is 21.5. The average Bonchev–Trinajstić information content (AvgIpc) is 3.42. The summed E-state index contributed by atoms with van der Waals surface area (Å²) in [6.07, 6.45) is 4.47. The number of carbonyl (C=O) groups excluding carboxylic acids is 1. The molecule has 6 rings (SSSR count). The van der Waals surface area contributed by atoms with Crippen molar-refractivity contribution in [2.75, 3.05) is 0 Å². The van der Waals surface area contributed by atoms with Crippen LogP contribution in [-0.2, 0) is 5.41 Å². The number of benzene rings is 1. The van der Waals surface area contributed by atoms with Gasteiger partial charge in [-0.15, -0.1) is 5.10 Å². The highest BCUT2D eigenvalue weighted by Crippen LogP contribution is 2.69. The molecular formula is C28H27F2N3O. The maximum Gasteiger partial charge on any atom is 0.181 e. The minimum absolute atomic E-state index is 0.0836. The zero-order chi connectivity index (χ0) is 23.9. The molecule has 0 aliphatic heterocycles. The van der Waals surface area contributed by atoms with E-state index in [9.17, 15) is 13.6 Å². The highest BCUT2D eigenvalue weighted by molar-refractivity contribution is 5.95. The first-order chi connectivity index (χ1) is 16.2. The summed E-state index contributed by atoms with van der Waals surface area (Å²) in [7, 11) is 0. The molecule has 4 nitrogen and oxygen atoms in total. The molecule has 0 saturated heterocycles. The van der Waals surface area contributed by atoms with Gasteiger partial charge in [-0.2, -0.15) is 5.10 Å². The van der Waals surface area contributed by atoms with Gasteiger partial charge in [-0.1, -0.05) is 32.9 Å². The highest BCUT2D eigenvalue weighted by atomic mass is 19.1. The topological polar surface area (TPSA) is 55.7 Å². The summed E-state index contributed by atoms with van der Waals surface area (Å²) in [6, 6.07) is 11.3. The molecule has 0 amide bonds. The van der Waals surface area contributed by atoms with Crippen LogP contribution in [0.2, 0.25) is 0 Å². The van der Waals surface area contributed by atoms with E-state index in [2.05, 4.69) is 31.0 Å². The SMILES string of the molecule is CC1(CC(=O)c2cccc([C@@]34CC[C@@H](c5cc(-c6c(F)cccc6F)nnc53)C4(C)C)n2)CC1. The Labute approximate surface area is 197 Å². The number of rotatable bonds is 5. The molecule has 0 unspecified atom stereocenters. The number of carbonyl (C=O) groups is 1. The summed E-state index contributed by atoms with van der Waals surface area (Å²) >= 11 is 0. The quantitative estimate of drug-likeness (QED) is 0.415. The van der Waals surface area contributed by atoms with Crippen molar-refractivity contribution in [1.82, 2.24) is 15.2 Å². The van der Waals surface area contributed by atoms with Crippen molar-refractivity contribution in [3.05, 3.63) is 76.7 Å². The van der Waals surface area contributed by atoms with Gasteiger partial charge < -0.3 is 0 Å². The molecule has 3 aromatic rings. The third-order valence-corrected chi connectivity index (χ3v) is 8.76. The van der Waals surface area contributed by atoms with Crippen LogP contribution >= 0.6 is 0 Å². The van der Waals surface area contributed by atoms with Crippen molar-refractivity contribution in [2.45, 2.75) is 64.2 Å². The molecule has 2 fully saturated rings. The lowest BCUT2D eigenvalue weighted by Crippen LogP contribution is -2.38. The Hall–Kier alpha value is -3.02. The first-order valence-corrected chi connectivity index (χ1v) is 12.0. The van der Waals surface area contributed by atoms with Gasteiger partial charge in [0.15, 0.2) is 5.78 Å². The van der Waals surface area contributed by atoms with Gasteiger partial charge in [0.1, 0.15) is 17.3 Å². The minimum Gasteiger partial charge on any atom is -0.292 e. The lowest BCUT2D eigenvalue weighted by molar-refractivity contribution is 0.0953. The van der Waals surface area contributed by atoms with Crippen LogP contribution in [-0.4, -0.2) is 21.0 Å². The molecule has 6 heteroatoms. The number of hydrogen-bond donors (Lipinski definition) is 0. The molecule has 2 aromatic heterocycles. The summed E-state index contributed by atoms with van der Waals surface area (Å²) in [5.41, 5.74) is 2.60. The van der Waals surface area contributed by atoms with Gasteiger partial charge in [0.05, 0.1) is 28.1 Å². The molecule has 1 aromatic carbocycles. The third kappa shape index (κ3) is 2.87. The molecule has 3 aliphatic rings. The van der Waals surface area contributed by atoms with Gasteiger partial charge in [-0.3, -0.25) is 4.79 Å².